The van der Waals surface area contributed by atoms with Crippen LogP contribution in [0.3, 0.4) is 0 Å². The molecule has 198 valence electrons. The van der Waals surface area contributed by atoms with Crippen molar-refractivity contribution < 1.29 is 9.53 Å². The predicted molar refractivity (Wildman–Crippen MR) is 147 cm³/mol. The number of nitrogens with zero attached hydrogens (tertiary/aromatic N) is 7. The quantitative estimate of drug-likeness (QED) is 0.428. The van der Waals surface area contributed by atoms with Crippen molar-refractivity contribution in [2.75, 3.05) is 36.5 Å². The summed E-state index contributed by atoms with van der Waals surface area (Å²) < 4.78 is 9.23. The van der Waals surface area contributed by atoms with Crippen molar-refractivity contribution in [3.8, 4) is 17.1 Å². The van der Waals surface area contributed by atoms with Crippen molar-refractivity contribution in [2.24, 2.45) is 7.05 Å². The van der Waals surface area contributed by atoms with Crippen LogP contribution in [0.15, 0.2) is 42.9 Å². The van der Waals surface area contributed by atoms with E-state index < -0.39 is 0 Å². The smallest absolute Gasteiger partial charge is 0.257 e. The number of morpholine rings is 1. The van der Waals surface area contributed by atoms with Gasteiger partial charge in [0.05, 0.1) is 42.6 Å². The summed E-state index contributed by atoms with van der Waals surface area (Å²) in [4.78, 5) is 24.5. The molecule has 0 unspecified atom stereocenters. The molecule has 1 fully saturated rings. The summed E-state index contributed by atoms with van der Waals surface area (Å²) in [5.41, 5.74) is 6.26. The Labute approximate surface area is 222 Å². The summed E-state index contributed by atoms with van der Waals surface area (Å²) in [5.74, 6) is 0.694. The SMILES string of the molecule is Cc1ccc(NC(=O)c2cc(C(C)(C)C)cnc2C)cc1-n1cc(-c2cnc(N3CCOCC3)n2C)nn1. The third kappa shape index (κ3) is 5.04. The van der Waals surface area contributed by atoms with E-state index >= 15 is 0 Å². The van der Waals surface area contributed by atoms with Crippen LogP contribution in [0.1, 0.15) is 48.0 Å². The molecule has 1 aromatic carbocycles. The van der Waals surface area contributed by atoms with E-state index in [0.717, 1.165) is 41.5 Å². The van der Waals surface area contributed by atoms with E-state index in [-0.39, 0.29) is 11.3 Å². The van der Waals surface area contributed by atoms with Crippen molar-refractivity contribution in [3.63, 3.8) is 0 Å². The first kappa shape index (κ1) is 25.6. The van der Waals surface area contributed by atoms with Gasteiger partial charge in [-0.05, 0) is 48.6 Å². The van der Waals surface area contributed by atoms with E-state index in [2.05, 4.69) is 51.3 Å². The number of nitrogens with one attached hydrogen (secondary N) is 1. The Morgan fingerprint density at radius 3 is 2.55 bits per heavy atom. The number of aryl methyl sites for hydroxylation is 2. The van der Waals surface area contributed by atoms with Crippen LogP contribution in [-0.4, -0.2) is 61.7 Å². The predicted octanol–water partition coefficient (Wildman–Crippen LogP) is 4.07. The monoisotopic (exact) mass is 514 g/mol. The number of amides is 1. The number of hydrogen-bond acceptors (Lipinski definition) is 7. The summed E-state index contributed by atoms with van der Waals surface area (Å²) in [5, 5.41) is 11.8. The van der Waals surface area contributed by atoms with Crippen molar-refractivity contribution in [1.29, 1.82) is 0 Å². The summed E-state index contributed by atoms with van der Waals surface area (Å²) in [6.45, 7) is 13.2. The van der Waals surface area contributed by atoms with Gasteiger partial charge < -0.3 is 19.5 Å². The highest BCUT2D eigenvalue weighted by Crippen LogP contribution is 2.26. The maximum atomic E-state index is 13.2. The van der Waals surface area contributed by atoms with Gasteiger partial charge in [-0.3, -0.25) is 9.78 Å². The first-order valence-electron chi connectivity index (χ1n) is 12.8. The number of hydrogen-bond donors (Lipinski definition) is 1. The Morgan fingerprint density at radius 2 is 1.82 bits per heavy atom. The van der Waals surface area contributed by atoms with E-state index in [1.54, 1.807) is 4.68 Å². The van der Waals surface area contributed by atoms with E-state index in [9.17, 15) is 4.79 Å². The van der Waals surface area contributed by atoms with Gasteiger partial charge in [-0.1, -0.05) is 32.1 Å². The number of imidazole rings is 1. The van der Waals surface area contributed by atoms with Crippen LogP contribution in [0.2, 0.25) is 0 Å². The Kier molecular flexibility index (Phi) is 6.75. The van der Waals surface area contributed by atoms with Crippen LogP contribution in [0, 0.1) is 13.8 Å². The molecule has 0 aliphatic carbocycles. The normalized spacial score (nSPS) is 14.1. The molecule has 1 aliphatic heterocycles. The van der Waals surface area contributed by atoms with Crippen LogP contribution in [0.5, 0.6) is 0 Å². The molecule has 38 heavy (non-hydrogen) atoms. The Morgan fingerprint density at radius 1 is 1.05 bits per heavy atom. The molecule has 0 radical (unpaired) electrons. The van der Waals surface area contributed by atoms with Crippen LogP contribution in [-0.2, 0) is 17.2 Å². The Bertz CT molecular complexity index is 1470. The lowest BCUT2D eigenvalue weighted by molar-refractivity contribution is 0.102. The first-order chi connectivity index (χ1) is 18.1. The zero-order valence-corrected chi connectivity index (χ0v) is 22.8. The number of ether oxygens (including phenoxy) is 1. The standard InChI is InChI=1S/C28H34N8O2/c1-18-7-8-21(31-26(37)22-13-20(28(3,4)5)15-29-19(22)2)14-24(18)36-17-23(32-33-36)25-16-30-27(34(25)6)35-9-11-38-12-10-35/h7-8,13-17H,9-12H2,1-6H3,(H,31,37). The van der Waals surface area contributed by atoms with Crippen molar-refractivity contribution in [2.45, 2.75) is 40.0 Å². The molecule has 3 aromatic heterocycles. The molecule has 10 nitrogen and oxygen atoms in total. The molecule has 4 heterocycles. The highest BCUT2D eigenvalue weighted by molar-refractivity contribution is 6.05. The van der Waals surface area contributed by atoms with Crippen LogP contribution >= 0.6 is 0 Å². The van der Waals surface area contributed by atoms with E-state index in [1.165, 1.54) is 0 Å². The van der Waals surface area contributed by atoms with Gasteiger partial charge in [-0.15, -0.1) is 5.10 Å². The Balaban J connectivity index is 1.39. The van der Waals surface area contributed by atoms with Gasteiger partial charge in [-0.25, -0.2) is 9.67 Å². The second-order valence-corrected chi connectivity index (χ2v) is 10.7. The summed E-state index contributed by atoms with van der Waals surface area (Å²) in [6.07, 6.45) is 5.55. The molecule has 1 saturated heterocycles. The van der Waals surface area contributed by atoms with Gasteiger partial charge in [0, 0.05) is 37.7 Å². The average Bonchev–Trinajstić information content (AvgIpc) is 3.52. The second-order valence-electron chi connectivity index (χ2n) is 10.7. The number of aromatic nitrogens is 6. The van der Waals surface area contributed by atoms with Gasteiger partial charge in [0.2, 0.25) is 5.95 Å². The largest absolute Gasteiger partial charge is 0.378 e. The minimum Gasteiger partial charge on any atom is -0.378 e. The summed E-state index contributed by atoms with van der Waals surface area (Å²) in [6, 6.07) is 7.68. The number of pyridine rings is 1. The zero-order valence-electron chi connectivity index (χ0n) is 22.8. The fraction of sp³-hybridized carbons (Fsp3) is 0.393. The molecule has 1 aliphatic rings. The maximum Gasteiger partial charge on any atom is 0.257 e. The number of rotatable bonds is 5. The van der Waals surface area contributed by atoms with Gasteiger partial charge in [-0.2, -0.15) is 0 Å². The minimum absolute atomic E-state index is 0.103. The zero-order chi connectivity index (χ0) is 27.0. The molecule has 1 amide bonds. The molecule has 0 bridgehead atoms. The van der Waals surface area contributed by atoms with E-state index in [0.29, 0.717) is 35.9 Å². The number of anilines is 2. The van der Waals surface area contributed by atoms with Crippen molar-refractivity contribution >= 4 is 17.5 Å². The van der Waals surface area contributed by atoms with Crippen LogP contribution in [0.4, 0.5) is 11.6 Å². The number of benzene rings is 1. The molecule has 10 heteroatoms. The van der Waals surface area contributed by atoms with E-state index in [4.69, 9.17) is 4.74 Å². The fourth-order valence-corrected chi connectivity index (χ4v) is 4.50. The fourth-order valence-electron chi connectivity index (χ4n) is 4.50. The molecule has 5 rings (SSSR count). The van der Waals surface area contributed by atoms with Crippen LogP contribution < -0.4 is 10.2 Å². The summed E-state index contributed by atoms with van der Waals surface area (Å²) in [7, 11) is 1.99. The van der Waals surface area contributed by atoms with Gasteiger partial charge in [0.1, 0.15) is 5.69 Å². The summed E-state index contributed by atoms with van der Waals surface area (Å²) >= 11 is 0. The topological polar surface area (TPSA) is 103 Å². The second kappa shape index (κ2) is 10.0. The average molecular weight is 515 g/mol. The van der Waals surface area contributed by atoms with Crippen molar-refractivity contribution in [1.82, 2.24) is 29.5 Å². The molecule has 0 atom stereocenters. The van der Waals surface area contributed by atoms with Gasteiger partial charge in [0.25, 0.3) is 5.91 Å². The number of carbonyl (C=O) groups is 1. The highest BCUT2D eigenvalue weighted by atomic mass is 16.5. The number of carbonyl (C=O) groups excluding carboxylic acids is 1. The third-order valence-corrected chi connectivity index (χ3v) is 6.92. The molecule has 0 saturated carbocycles. The lowest BCUT2D eigenvalue weighted by Crippen LogP contribution is -2.37. The first-order valence-corrected chi connectivity index (χ1v) is 12.8. The van der Waals surface area contributed by atoms with E-state index in [1.807, 2.05) is 68.3 Å². The lowest BCUT2D eigenvalue weighted by atomic mass is 9.87. The molecule has 1 N–H and O–H groups in total. The molecular weight excluding hydrogens is 480 g/mol. The Hall–Kier alpha value is -4.05. The maximum absolute atomic E-state index is 13.2. The highest BCUT2D eigenvalue weighted by Gasteiger charge is 2.21. The van der Waals surface area contributed by atoms with Gasteiger partial charge in [0.15, 0.2) is 0 Å². The lowest BCUT2D eigenvalue weighted by Gasteiger charge is -2.27. The third-order valence-electron chi connectivity index (χ3n) is 6.92. The molecule has 4 aromatic rings. The van der Waals surface area contributed by atoms with Crippen molar-refractivity contribution in [3.05, 3.63) is 65.2 Å². The molecule has 0 spiro atoms. The van der Waals surface area contributed by atoms with Crippen LogP contribution in [0.25, 0.3) is 17.1 Å². The minimum atomic E-state index is -0.194. The molecular formula is C28H34N8O2. The van der Waals surface area contributed by atoms with Gasteiger partial charge >= 0.3 is 0 Å².